The van der Waals surface area contributed by atoms with E-state index in [0.29, 0.717) is 16.7 Å². The second-order valence-electron chi connectivity index (χ2n) is 4.58. The van der Waals surface area contributed by atoms with Crippen molar-refractivity contribution in [3.8, 4) is 5.75 Å². The van der Waals surface area contributed by atoms with E-state index < -0.39 is 0 Å². The maximum Gasteiger partial charge on any atom is 0.124 e. The molecule has 2 aromatic carbocycles. The van der Waals surface area contributed by atoms with Crippen LogP contribution in [0.15, 0.2) is 42.5 Å². The first-order chi connectivity index (χ1) is 9.61. The van der Waals surface area contributed by atoms with E-state index in [9.17, 15) is 0 Å². The summed E-state index contributed by atoms with van der Waals surface area (Å²) in [6, 6.07) is 13.1. The van der Waals surface area contributed by atoms with Crippen LogP contribution in [0.3, 0.4) is 0 Å². The summed E-state index contributed by atoms with van der Waals surface area (Å²) in [5, 5.41) is 1.29. The van der Waals surface area contributed by atoms with Crippen LogP contribution in [0.2, 0.25) is 10.0 Å². The zero-order valence-corrected chi connectivity index (χ0v) is 12.8. The van der Waals surface area contributed by atoms with Gasteiger partial charge in [-0.1, -0.05) is 48.3 Å². The first-order valence-corrected chi connectivity index (χ1v) is 7.28. The van der Waals surface area contributed by atoms with Crippen LogP contribution in [-0.2, 0) is 6.61 Å². The summed E-state index contributed by atoms with van der Waals surface area (Å²) in [4.78, 5) is 0. The Morgan fingerprint density at radius 1 is 1.15 bits per heavy atom. The number of halogens is 2. The molecule has 2 nitrogen and oxygen atoms in total. The summed E-state index contributed by atoms with van der Waals surface area (Å²) in [5.41, 5.74) is 7.96. The highest BCUT2D eigenvalue weighted by Gasteiger charge is 2.10. The fourth-order valence-electron chi connectivity index (χ4n) is 1.95. The third-order valence-corrected chi connectivity index (χ3v) is 3.75. The minimum atomic E-state index is -0.0268. The molecule has 0 aliphatic rings. The SMILES string of the molecule is CC[C@@H](N)c1ccccc1OCc1cc(Cl)ccc1Cl. The van der Waals surface area contributed by atoms with Gasteiger partial charge in [0.05, 0.1) is 0 Å². The third-order valence-electron chi connectivity index (χ3n) is 3.15. The van der Waals surface area contributed by atoms with Crippen LogP contribution in [0.5, 0.6) is 5.75 Å². The van der Waals surface area contributed by atoms with Crippen LogP contribution in [0.4, 0.5) is 0 Å². The molecule has 20 heavy (non-hydrogen) atoms. The standard InChI is InChI=1S/C16H17Cl2NO/c1-2-15(19)13-5-3-4-6-16(13)20-10-11-9-12(17)7-8-14(11)18/h3-9,15H,2,10,19H2,1H3/t15-/m1/s1. The van der Waals surface area contributed by atoms with Crippen LogP contribution >= 0.6 is 23.2 Å². The molecule has 0 spiro atoms. The maximum atomic E-state index is 6.13. The molecular formula is C16H17Cl2NO. The van der Waals surface area contributed by atoms with Gasteiger partial charge in [-0.05, 0) is 30.7 Å². The summed E-state index contributed by atoms with van der Waals surface area (Å²) in [6.07, 6.45) is 0.859. The predicted molar refractivity (Wildman–Crippen MR) is 84.5 cm³/mol. The quantitative estimate of drug-likeness (QED) is 0.845. The van der Waals surface area contributed by atoms with Crippen LogP contribution in [0.1, 0.15) is 30.5 Å². The van der Waals surface area contributed by atoms with Crippen LogP contribution in [-0.4, -0.2) is 0 Å². The number of para-hydroxylation sites is 1. The number of ether oxygens (including phenoxy) is 1. The van der Waals surface area contributed by atoms with Gasteiger partial charge in [-0.15, -0.1) is 0 Å². The molecule has 0 amide bonds. The molecule has 1 atom stereocenters. The fourth-order valence-corrected chi connectivity index (χ4v) is 2.31. The second kappa shape index (κ2) is 6.98. The lowest BCUT2D eigenvalue weighted by atomic mass is 10.0. The number of nitrogens with two attached hydrogens (primary N) is 1. The number of hydrogen-bond donors (Lipinski definition) is 1. The van der Waals surface area contributed by atoms with Crippen molar-refractivity contribution in [1.29, 1.82) is 0 Å². The Morgan fingerprint density at radius 2 is 1.90 bits per heavy atom. The van der Waals surface area contributed by atoms with Crippen molar-refractivity contribution in [2.24, 2.45) is 5.73 Å². The molecular weight excluding hydrogens is 293 g/mol. The molecule has 2 N–H and O–H groups in total. The van der Waals surface area contributed by atoms with E-state index in [4.69, 9.17) is 33.7 Å². The van der Waals surface area contributed by atoms with E-state index in [1.54, 1.807) is 12.1 Å². The number of rotatable bonds is 5. The molecule has 0 fully saturated rings. The predicted octanol–water partition coefficient (Wildman–Crippen LogP) is 4.98. The van der Waals surface area contributed by atoms with Crippen LogP contribution in [0.25, 0.3) is 0 Å². The van der Waals surface area contributed by atoms with Gasteiger partial charge in [0, 0.05) is 27.2 Å². The molecule has 106 valence electrons. The van der Waals surface area contributed by atoms with Gasteiger partial charge < -0.3 is 10.5 Å². The Kier molecular flexibility index (Phi) is 5.30. The van der Waals surface area contributed by atoms with Gasteiger partial charge >= 0.3 is 0 Å². The van der Waals surface area contributed by atoms with Gasteiger partial charge in [0.15, 0.2) is 0 Å². The van der Waals surface area contributed by atoms with E-state index in [0.717, 1.165) is 23.3 Å². The van der Waals surface area contributed by atoms with E-state index >= 15 is 0 Å². The van der Waals surface area contributed by atoms with Gasteiger partial charge in [-0.3, -0.25) is 0 Å². The molecule has 0 unspecified atom stereocenters. The average molecular weight is 310 g/mol. The third kappa shape index (κ3) is 3.66. The van der Waals surface area contributed by atoms with E-state index in [1.165, 1.54) is 0 Å². The largest absolute Gasteiger partial charge is 0.489 e. The molecule has 0 aliphatic heterocycles. The van der Waals surface area contributed by atoms with Gasteiger partial charge in [0.25, 0.3) is 0 Å². The summed E-state index contributed by atoms with van der Waals surface area (Å²) in [5.74, 6) is 0.790. The smallest absolute Gasteiger partial charge is 0.124 e. The highest BCUT2D eigenvalue weighted by Crippen LogP contribution is 2.27. The van der Waals surface area contributed by atoms with Crippen molar-refractivity contribution >= 4 is 23.2 Å². The zero-order chi connectivity index (χ0) is 14.5. The Morgan fingerprint density at radius 3 is 2.65 bits per heavy atom. The maximum absolute atomic E-state index is 6.13. The summed E-state index contributed by atoms with van der Waals surface area (Å²) < 4.78 is 5.86. The molecule has 2 rings (SSSR count). The number of hydrogen-bond acceptors (Lipinski definition) is 2. The van der Waals surface area contributed by atoms with E-state index in [1.807, 2.05) is 30.3 Å². The lowest BCUT2D eigenvalue weighted by molar-refractivity contribution is 0.301. The van der Waals surface area contributed by atoms with Gasteiger partial charge in [-0.2, -0.15) is 0 Å². The molecule has 0 radical (unpaired) electrons. The monoisotopic (exact) mass is 309 g/mol. The first-order valence-electron chi connectivity index (χ1n) is 6.53. The Balaban J connectivity index is 2.17. The highest BCUT2D eigenvalue weighted by atomic mass is 35.5. The van der Waals surface area contributed by atoms with Crippen molar-refractivity contribution in [2.75, 3.05) is 0 Å². The van der Waals surface area contributed by atoms with Crippen LogP contribution in [0, 0.1) is 0 Å². The molecule has 4 heteroatoms. The van der Waals surface area contributed by atoms with Gasteiger partial charge in [0.2, 0.25) is 0 Å². The average Bonchev–Trinajstić information content (AvgIpc) is 2.47. The van der Waals surface area contributed by atoms with E-state index in [-0.39, 0.29) is 6.04 Å². The highest BCUT2D eigenvalue weighted by molar-refractivity contribution is 6.33. The molecule has 0 saturated carbocycles. The van der Waals surface area contributed by atoms with Gasteiger partial charge in [-0.25, -0.2) is 0 Å². The Bertz CT molecular complexity index is 586. The Hall–Kier alpha value is -1.22. The normalized spacial score (nSPS) is 12.2. The minimum absolute atomic E-state index is 0.0268. The lowest BCUT2D eigenvalue weighted by Gasteiger charge is -2.16. The molecule has 0 heterocycles. The minimum Gasteiger partial charge on any atom is -0.489 e. The van der Waals surface area contributed by atoms with Crippen molar-refractivity contribution in [3.05, 3.63) is 63.6 Å². The van der Waals surface area contributed by atoms with E-state index in [2.05, 4.69) is 6.92 Å². The Labute approximate surface area is 129 Å². The molecule has 0 bridgehead atoms. The summed E-state index contributed by atoms with van der Waals surface area (Å²) in [7, 11) is 0. The molecule has 0 aliphatic carbocycles. The van der Waals surface area contributed by atoms with Gasteiger partial charge in [0.1, 0.15) is 12.4 Å². The number of benzene rings is 2. The topological polar surface area (TPSA) is 35.2 Å². The zero-order valence-electron chi connectivity index (χ0n) is 11.3. The summed E-state index contributed by atoms with van der Waals surface area (Å²) >= 11 is 12.1. The summed E-state index contributed by atoms with van der Waals surface area (Å²) in [6.45, 7) is 2.42. The second-order valence-corrected chi connectivity index (χ2v) is 5.42. The molecule has 2 aromatic rings. The van der Waals surface area contributed by atoms with Crippen molar-refractivity contribution in [1.82, 2.24) is 0 Å². The van der Waals surface area contributed by atoms with Crippen LogP contribution < -0.4 is 10.5 Å². The molecule has 0 saturated heterocycles. The fraction of sp³-hybridized carbons (Fsp3) is 0.250. The molecule has 0 aromatic heterocycles. The lowest BCUT2D eigenvalue weighted by Crippen LogP contribution is -2.10. The van der Waals surface area contributed by atoms with Crippen molar-refractivity contribution < 1.29 is 4.74 Å². The van der Waals surface area contributed by atoms with Crippen molar-refractivity contribution in [3.63, 3.8) is 0 Å². The van der Waals surface area contributed by atoms with Crippen molar-refractivity contribution in [2.45, 2.75) is 26.0 Å². The first kappa shape index (κ1) is 15.2.